The highest BCUT2D eigenvalue weighted by atomic mass is 35.5. The summed E-state index contributed by atoms with van der Waals surface area (Å²) in [6, 6.07) is 12.2. The number of nitrogens with one attached hydrogen (secondary N) is 2. The zero-order valence-electron chi connectivity index (χ0n) is 15.1. The molecule has 144 valence electrons. The van der Waals surface area contributed by atoms with Crippen LogP contribution in [0.3, 0.4) is 0 Å². The maximum atomic E-state index is 11.9. The first-order valence-corrected chi connectivity index (χ1v) is 8.56. The highest BCUT2D eigenvalue weighted by molar-refractivity contribution is 6.32. The van der Waals surface area contributed by atoms with E-state index in [9.17, 15) is 9.59 Å². The molecular weight excluding hydrogens is 372 g/mol. The molecule has 0 unspecified atom stereocenters. The molecule has 0 aliphatic rings. The van der Waals surface area contributed by atoms with Crippen LogP contribution >= 0.6 is 11.6 Å². The van der Waals surface area contributed by atoms with Gasteiger partial charge < -0.3 is 14.2 Å². The number of benzene rings is 2. The Morgan fingerprint density at radius 1 is 0.963 bits per heavy atom. The van der Waals surface area contributed by atoms with Crippen molar-refractivity contribution < 1.29 is 23.8 Å². The fourth-order valence-corrected chi connectivity index (χ4v) is 2.40. The van der Waals surface area contributed by atoms with Gasteiger partial charge in [0.25, 0.3) is 5.91 Å². The van der Waals surface area contributed by atoms with Crippen LogP contribution in [0.15, 0.2) is 42.5 Å². The minimum atomic E-state index is -0.494. The second kappa shape index (κ2) is 10.3. The van der Waals surface area contributed by atoms with E-state index in [2.05, 4.69) is 10.9 Å². The summed E-state index contributed by atoms with van der Waals surface area (Å²) in [5.41, 5.74) is 5.53. The molecule has 0 bridgehead atoms. The Hall–Kier alpha value is -2.93. The second-order valence-corrected chi connectivity index (χ2v) is 5.94. The zero-order valence-corrected chi connectivity index (χ0v) is 15.8. The summed E-state index contributed by atoms with van der Waals surface area (Å²) >= 11 is 5.93. The smallest absolute Gasteiger partial charge is 0.276 e. The number of methoxy groups -OCH3 is 2. The van der Waals surface area contributed by atoms with Crippen LogP contribution in [0.4, 0.5) is 0 Å². The second-order valence-electron chi connectivity index (χ2n) is 5.54. The minimum absolute atomic E-state index is 0.183. The lowest BCUT2D eigenvalue weighted by Gasteiger charge is -2.10. The van der Waals surface area contributed by atoms with E-state index in [1.54, 1.807) is 44.6 Å². The van der Waals surface area contributed by atoms with Gasteiger partial charge in [0.15, 0.2) is 6.61 Å². The van der Waals surface area contributed by atoms with Crippen molar-refractivity contribution in [2.45, 2.75) is 12.8 Å². The Balaban J connectivity index is 1.74. The van der Waals surface area contributed by atoms with E-state index in [1.165, 1.54) is 0 Å². The van der Waals surface area contributed by atoms with Gasteiger partial charge in [-0.3, -0.25) is 20.4 Å². The molecule has 0 aliphatic carbocycles. The van der Waals surface area contributed by atoms with Crippen LogP contribution in [0.5, 0.6) is 17.2 Å². The summed E-state index contributed by atoms with van der Waals surface area (Å²) in [7, 11) is 3.12. The first-order valence-electron chi connectivity index (χ1n) is 8.18. The molecule has 7 nitrogen and oxygen atoms in total. The Bertz CT molecular complexity index is 775. The number of aryl methyl sites for hydroxylation is 1. The Morgan fingerprint density at radius 3 is 2.22 bits per heavy atom. The van der Waals surface area contributed by atoms with Gasteiger partial charge in [-0.2, -0.15) is 0 Å². The summed E-state index contributed by atoms with van der Waals surface area (Å²) < 4.78 is 15.7. The van der Waals surface area contributed by atoms with Crippen LogP contribution in [-0.4, -0.2) is 32.6 Å². The van der Waals surface area contributed by atoms with Crippen LogP contribution in [0.2, 0.25) is 5.02 Å². The van der Waals surface area contributed by atoms with E-state index in [1.807, 2.05) is 12.1 Å². The minimum Gasteiger partial charge on any atom is -0.497 e. The average molecular weight is 393 g/mol. The number of hydrogen-bond acceptors (Lipinski definition) is 5. The maximum absolute atomic E-state index is 11.9. The number of para-hydroxylation sites is 1. The number of hydrogen-bond donors (Lipinski definition) is 2. The number of hydrazine groups is 1. The van der Waals surface area contributed by atoms with E-state index in [-0.39, 0.29) is 18.9 Å². The number of rotatable bonds is 8. The van der Waals surface area contributed by atoms with E-state index in [0.717, 1.165) is 5.56 Å². The van der Waals surface area contributed by atoms with Gasteiger partial charge in [0.1, 0.15) is 17.2 Å². The molecule has 0 radical (unpaired) electrons. The number of ether oxygens (including phenoxy) is 3. The van der Waals surface area contributed by atoms with E-state index >= 15 is 0 Å². The maximum Gasteiger partial charge on any atom is 0.276 e. The molecule has 0 heterocycles. The van der Waals surface area contributed by atoms with Crippen molar-refractivity contribution in [2.24, 2.45) is 0 Å². The molecule has 0 aliphatic heterocycles. The van der Waals surface area contributed by atoms with Gasteiger partial charge in [0.05, 0.1) is 19.2 Å². The van der Waals surface area contributed by atoms with Crippen molar-refractivity contribution in [1.82, 2.24) is 10.9 Å². The number of carbonyl (C=O) groups excluding carboxylic acids is 2. The molecule has 8 heteroatoms. The summed E-state index contributed by atoms with van der Waals surface area (Å²) in [4.78, 5) is 23.7. The molecular formula is C19H21ClN2O5. The van der Waals surface area contributed by atoms with E-state index in [4.69, 9.17) is 25.8 Å². The van der Waals surface area contributed by atoms with Gasteiger partial charge in [0.2, 0.25) is 5.91 Å². The predicted molar refractivity (Wildman–Crippen MR) is 101 cm³/mol. The molecule has 0 atom stereocenters. The predicted octanol–water partition coefficient (Wildman–Crippen LogP) is 2.52. The van der Waals surface area contributed by atoms with Gasteiger partial charge in [-0.1, -0.05) is 23.7 Å². The quantitative estimate of drug-likeness (QED) is 0.674. The van der Waals surface area contributed by atoms with Crippen LogP contribution in [0.1, 0.15) is 12.0 Å². The highest BCUT2D eigenvalue weighted by Crippen LogP contribution is 2.23. The number of carbonyl (C=O) groups is 2. The molecule has 2 aromatic rings. The Labute approximate surface area is 162 Å². The third-order valence-electron chi connectivity index (χ3n) is 3.59. The molecule has 0 spiro atoms. The zero-order chi connectivity index (χ0) is 19.6. The first-order chi connectivity index (χ1) is 13.0. The lowest BCUT2D eigenvalue weighted by Crippen LogP contribution is -2.43. The number of amides is 2. The third kappa shape index (κ3) is 6.71. The van der Waals surface area contributed by atoms with Crippen molar-refractivity contribution >= 4 is 23.4 Å². The Kier molecular flexibility index (Phi) is 7.76. The van der Waals surface area contributed by atoms with Crippen molar-refractivity contribution in [3.63, 3.8) is 0 Å². The SMILES string of the molecule is COc1cc(CCC(=O)NNC(=O)COc2ccccc2Cl)cc(OC)c1. The summed E-state index contributed by atoms with van der Waals surface area (Å²) in [5.74, 6) is 0.867. The van der Waals surface area contributed by atoms with Crippen molar-refractivity contribution in [3.8, 4) is 17.2 Å². The number of halogens is 1. The van der Waals surface area contributed by atoms with Crippen molar-refractivity contribution in [3.05, 3.63) is 53.1 Å². The summed E-state index contributed by atoms with van der Waals surface area (Å²) in [5, 5.41) is 0.406. The summed E-state index contributed by atoms with van der Waals surface area (Å²) in [6.45, 7) is -0.267. The van der Waals surface area contributed by atoms with Crippen LogP contribution < -0.4 is 25.1 Å². The normalized spacial score (nSPS) is 10.0. The molecule has 0 aromatic heterocycles. The summed E-state index contributed by atoms with van der Waals surface area (Å²) in [6.07, 6.45) is 0.646. The molecule has 0 saturated carbocycles. The van der Waals surface area contributed by atoms with Crippen LogP contribution in [0.25, 0.3) is 0 Å². The standard InChI is InChI=1S/C19H21ClN2O5/c1-25-14-9-13(10-15(11-14)26-2)7-8-18(23)21-22-19(24)12-27-17-6-4-3-5-16(17)20/h3-6,9-11H,7-8,12H2,1-2H3,(H,21,23)(H,22,24). The molecule has 2 N–H and O–H groups in total. The lowest BCUT2D eigenvalue weighted by molar-refractivity contribution is -0.130. The molecule has 0 fully saturated rings. The van der Waals surface area contributed by atoms with E-state index < -0.39 is 5.91 Å². The molecule has 2 rings (SSSR count). The highest BCUT2D eigenvalue weighted by Gasteiger charge is 2.09. The first kappa shape index (κ1) is 20.4. The van der Waals surface area contributed by atoms with Gasteiger partial charge in [-0.25, -0.2) is 0 Å². The van der Waals surface area contributed by atoms with Crippen LogP contribution in [-0.2, 0) is 16.0 Å². The molecule has 27 heavy (non-hydrogen) atoms. The third-order valence-corrected chi connectivity index (χ3v) is 3.90. The van der Waals surface area contributed by atoms with Gasteiger partial charge in [-0.15, -0.1) is 0 Å². The molecule has 2 aromatic carbocycles. The van der Waals surface area contributed by atoms with E-state index in [0.29, 0.717) is 28.7 Å². The fourth-order valence-electron chi connectivity index (χ4n) is 2.21. The monoisotopic (exact) mass is 392 g/mol. The Morgan fingerprint density at radius 2 is 1.59 bits per heavy atom. The van der Waals surface area contributed by atoms with Crippen molar-refractivity contribution in [2.75, 3.05) is 20.8 Å². The van der Waals surface area contributed by atoms with Gasteiger partial charge in [-0.05, 0) is 36.2 Å². The molecule has 2 amide bonds. The molecule has 0 saturated heterocycles. The van der Waals surface area contributed by atoms with Gasteiger partial charge in [0, 0.05) is 12.5 Å². The lowest BCUT2D eigenvalue weighted by atomic mass is 10.1. The van der Waals surface area contributed by atoms with Gasteiger partial charge >= 0.3 is 0 Å². The fraction of sp³-hybridized carbons (Fsp3) is 0.263. The average Bonchev–Trinajstić information content (AvgIpc) is 2.69. The largest absolute Gasteiger partial charge is 0.497 e. The van der Waals surface area contributed by atoms with Crippen LogP contribution in [0, 0.1) is 0 Å². The topological polar surface area (TPSA) is 85.9 Å². The van der Waals surface area contributed by atoms with Crippen molar-refractivity contribution in [1.29, 1.82) is 0 Å².